The highest BCUT2D eigenvalue weighted by atomic mass is 16.5. The van der Waals surface area contributed by atoms with E-state index in [1.54, 1.807) is 0 Å². The number of rotatable bonds is 4. The van der Waals surface area contributed by atoms with Crippen molar-refractivity contribution in [2.75, 3.05) is 33.2 Å². The van der Waals surface area contributed by atoms with Gasteiger partial charge in [0.1, 0.15) is 11.9 Å². The van der Waals surface area contributed by atoms with Gasteiger partial charge in [-0.15, -0.1) is 0 Å². The van der Waals surface area contributed by atoms with Gasteiger partial charge in [0.15, 0.2) is 0 Å². The maximum Gasteiger partial charge on any atom is 0.122 e. The molecule has 0 spiro atoms. The fourth-order valence-corrected chi connectivity index (χ4v) is 3.58. The van der Waals surface area contributed by atoms with Crippen LogP contribution in [-0.4, -0.2) is 44.2 Å². The molecule has 1 N–H and O–H groups in total. The molecule has 0 bridgehead atoms. The molecule has 0 radical (unpaired) electrons. The van der Waals surface area contributed by atoms with Gasteiger partial charge in [-0.1, -0.05) is 18.2 Å². The summed E-state index contributed by atoms with van der Waals surface area (Å²) < 4.78 is 6.34. The van der Waals surface area contributed by atoms with E-state index in [0.29, 0.717) is 6.10 Å². The zero-order valence-corrected chi connectivity index (χ0v) is 13.2. The first-order valence-electron chi connectivity index (χ1n) is 8.45. The molecule has 2 heterocycles. The van der Waals surface area contributed by atoms with Gasteiger partial charge in [-0.05, 0) is 76.3 Å². The van der Waals surface area contributed by atoms with Crippen LogP contribution in [0.25, 0.3) is 0 Å². The van der Waals surface area contributed by atoms with Crippen LogP contribution in [0.2, 0.25) is 0 Å². The maximum absolute atomic E-state index is 6.34. The van der Waals surface area contributed by atoms with Crippen molar-refractivity contribution in [3.8, 4) is 5.75 Å². The van der Waals surface area contributed by atoms with Crippen molar-refractivity contribution in [3.05, 3.63) is 29.8 Å². The number of piperidine rings is 2. The second-order valence-electron chi connectivity index (χ2n) is 6.65. The van der Waals surface area contributed by atoms with Crippen LogP contribution in [-0.2, 0) is 6.42 Å². The monoisotopic (exact) mass is 288 g/mol. The van der Waals surface area contributed by atoms with Crippen molar-refractivity contribution in [2.24, 2.45) is 5.92 Å². The predicted molar refractivity (Wildman–Crippen MR) is 86.9 cm³/mol. The molecule has 1 aromatic rings. The van der Waals surface area contributed by atoms with Gasteiger partial charge in [0.2, 0.25) is 0 Å². The minimum absolute atomic E-state index is 0.359. The van der Waals surface area contributed by atoms with E-state index in [0.717, 1.165) is 18.2 Å². The molecule has 2 aliphatic rings. The van der Waals surface area contributed by atoms with Crippen molar-refractivity contribution in [1.82, 2.24) is 10.2 Å². The van der Waals surface area contributed by atoms with Crippen molar-refractivity contribution >= 4 is 0 Å². The highest BCUT2D eigenvalue weighted by molar-refractivity contribution is 5.34. The second-order valence-corrected chi connectivity index (χ2v) is 6.65. The molecule has 3 nitrogen and oxygen atoms in total. The highest BCUT2D eigenvalue weighted by Crippen LogP contribution is 2.27. The molecule has 2 fully saturated rings. The molecule has 3 heteroatoms. The minimum atomic E-state index is 0.359. The first kappa shape index (κ1) is 14.9. The van der Waals surface area contributed by atoms with Crippen LogP contribution < -0.4 is 10.1 Å². The van der Waals surface area contributed by atoms with E-state index in [1.807, 2.05) is 0 Å². The van der Waals surface area contributed by atoms with Crippen molar-refractivity contribution in [2.45, 2.75) is 38.2 Å². The lowest BCUT2D eigenvalue weighted by molar-refractivity contribution is 0.103. The first-order chi connectivity index (χ1) is 10.3. The summed E-state index contributed by atoms with van der Waals surface area (Å²) in [6, 6.07) is 8.67. The SMILES string of the molecule is CN1CCCC(Oc2ccccc2CC2CCNCC2)C1. The third-order valence-corrected chi connectivity index (χ3v) is 4.81. The van der Waals surface area contributed by atoms with E-state index in [4.69, 9.17) is 4.74 Å². The Morgan fingerprint density at radius 3 is 2.81 bits per heavy atom. The molecule has 1 unspecified atom stereocenters. The lowest BCUT2D eigenvalue weighted by atomic mass is 9.90. The van der Waals surface area contributed by atoms with E-state index >= 15 is 0 Å². The van der Waals surface area contributed by atoms with Gasteiger partial charge in [-0.2, -0.15) is 0 Å². The molecule has 116 valence electrons. The van der Waals surface area contributed by atoms with Gasteiger partial charge in [-0.3, -0.25) is 0 Å². The van der Waals surface area contributed by atoms with Gasteiger partial charge in [0.25, 0.3) is 0 Å². The third kappa shape index (κ3) is 4.21. The normalized spacial score (nSPS) is 24.9. The third-order valence-electron chi connectivity index (χ3n) is 4.81. The standard InChI is InChI=1S/C18H28N2O/c1-20-12-4-6-17(14-20)21-18-7-3-2-5-16(18)13-15-8-10-19-11-9-15/h2-3,5,7,15,17,19H,4,6,8-14H2,1H3. The number of hydrogen-bond acceptors (Lipinski definition) is 3. The Morgan fingerprint density at radius 2 is 2.00 bits per heavy atom. The zero-order valence-electron chi connectivity index (χ0n) is 13.2. The summed E-state index contributed by atoms with van der Waals surface area (Å²) in [6.45, 7) is 4.60. The Labute approximate surface area is 128 Å². The largest absolute Gasteiger partial charge is 0.489 e. The van der Waals surface area contributed by atoms with Crippen molar-refractivity contribution < 1.29 is 4.74 Å². The summed E-state index contributed by atoms with van der Waals surface area (Å²) in [5, 5.41) is 3.45. The van der Waals surface area contributed by atoms with E-state index in [2.05, 4.69) is 41.5 Å². The summed E-state index contributed by atoms with van der Waals surface area (Å²) in [4.78, 5) is 2.38. The summed E-state index contributed by atoms with van der Waals surface area (Å²) >= 11 is 0. The minimum Gasteiger partial charge on any atom is -0.489 e. The van der Waals surface area contributed by atoms with Gasteiger partial charge >= 0.3 is 0 Å². The number of hydrogen-bond donors (Lipinski definition) is 1. The number of nitrogens with zero attached hydrogens (tertiary/aromatic N) is 1. The average Bonchev–Trinajstić information content (AvgIpc) is 2.50. The average molecular weight is 288 g/mol. The summed E-state index contributed by atoms with van der Waals surface area (Å²) in [7, 11) is 2.19. The number of likely N-dealkylation sites (N-methyl/N-ethyl adjacent to an activating group) is 1. The zero-order chi connectivity index (χ0) is 14.5. The number of para-hydroxylation sites is 1. The number of ether oxygens (including phenoxy) is 1. The van der Waals surface area contributed by atoms with Gasteiger partial charge in [-0.25, -0.2) is 0 Å². The smallest absolute Gasteiger partial charge is 0.122 e. The Balaban J connectivity index is 1.64. The van der Waals surface area contributed by atoms with Crippen LogP contribution in [0, 0.1) is 5.92 Å². The Hall–Kier alpha value is -1.06. The fourth-order valence-electron chi connectivity index (χ4n) is 3.58. The molecular weight excluding hydrogens is 260 g/mol. The second kappa shape index (κ2) is 7.28. The van der Waals surface area contributed by atoms with Crippen LogP contribution >= 0.6 is 0 Å². The van der Waals surface area contributed by atoms with Crippen molar-refractivity contribution in [1.29, 1.82) is 0 Å². The fraction of sp³-hybridized carbons (Fsp3) is 0.667. The van der Waals surface area contributed by atoms with Gasteiger partial charge < -0.3 is 15.0 Å². The van der Waals surface area contributed by atoms with E-state index in [-0.39, 0.29) is 0 Å². The van der Waals surface area contributed by atoms with Crippen LogP contribution in [0.3, 0.4) is 0 Å². The molecule has 0 saturated carbocycles. The maximum atomic E-state index is 6.34. The molecule has 1 atom stereocenters. The molecule has 2 saturated heterocycles. The molecular formula is C18H28N2O. The number of nitrogens with one attached hydrogen (secondary N) is 1. The lowest BCUT2D eigenvalue weighted by Crippen LogP contribution is -2.38. The lowest BCUT2D eigenvalue weighted by Gasteiger charge is -2.31. The topological polar surface area (TPSA) is 24.5 Å². The quantitative estimate of drug-likeness (QED) is 0.922. The molecule has 0 amide bonds. The summed E-state index contributed by atoms with van der Waals surface area (Å²) in [5.74, 6) is 1.93. The van der Waals surface area contributed by atoms with E-state index in [9.17, 15) is 0 Å². The Kier molecular flexibility index (Phi) is 5.15. The summed E-state index contributed by atoms with van der Waals surface area (Å²) in [5.41, 5.74) is 1.40. The molecule has 2 aliphatic heterocycles. The van der Waals surface area contributed by atoms with Crippen LogP contribution in [0.1, 0.15) is 31.2 Å². The van der Waals surface area contributed by atoms with Gasteiger partial charge in [0, 0.05) is 6.54 Å². The Bertz CT molecular complexity index is 443. The Morgan fingerprint density at radius 1 is 1.19 bits per heavy atom. The molecule has 1 aromatic carbocycles. The van der Waals surface area contributed by atoms with Crippen LogP contribution in [0.4, 0.5) is 0 Å². The van der Waals surface area contributed by atoms with E-state index < -0.39 is 0 Å². The van der Waals surface area contributed by atoms with Crippen LogP contribution in [0.5, 0.6) is 5.75 Å². The number of likely N-dealkylation sites (tertiary alicyclic amines) is 1. The molecule has 3 rings (SSSR count). The highest BCUT2D eigenvalue weighted by Gasteiger charge is 2.21. The molecule has 0 aromatic heterocycles. The summed E-state index contributed by atoms with van der Waals surface area (Å²) in [6.07, 6.45) is 6.54. The van der Waals surface area contributed by atoms with Gasteiger partial charge in [0.05, 0.1) is 0 Å². The molecule has 0 aliphatic carbocycles. The predicted octanol–water partition coefficient (Wildman–Crippen LogP) is 2.70. The van der Waals surface area contributed by atoms with E-state index in [1.165, 1.54) is 57.3 Å². The number of benzene rings is 1. The van der Waals surface area contributed by atoms with Crippen molar-refractivity contribution in [3.63, 3.8) is 0 Å². The molecule has 21 heavy (non-hydrogen) atoms. The van der Waals surface area contributed by atoms with Crippen LogP contribution in [0.15, 0.2) is 24.3 Å². The first-order valence-corrected chi connectivity index (χ1v) is 8.45.